The lowest BCUT2D eigenvalue weighted by Gasteiger charge is -2.22. The molecule has 1 N–H and O–H groups in total. The van der Waals surface area contributed by atoms with Gasteiger partial charge >= 0.3 is 0 Å². The van der Waals surface area contributed by atoms with Gasteiger partial charge in [-0.05, 0) is 44.2 Å². The molecule has 1 aromatic rings. The van der Waals surface area contributed by atoms with Crippen LogP contribution in [0.25, 0.3) is 0 Å². The van der Waals surface area contributed by atoms with E-state index in [1.165, 1.54) is 0 Å². The van der Waals surface area contributed by atoms with Crippen molar-refractivity contribution in [1.29, 1.82) is 0 Å². The van der Waals surface area contributed by atoms with Gasteiger partial charge in [-0.2, -0.15) is 0 Å². The highest BCUT2D eigenvalue weighted by atomic mass is 16.5. The molecular formula is C15H22N2O3. The van der Waals surface area contributed by atoms with Gasteiger partial charge in [0.1, 0.15) is 18.1 Å². The van der Waals surface area contributed by atoms with Gasteiger partial charge in [0.05, 0.1) is 19.7 Å². The minimum Gasteiger partial charge on any atom is -0.497 e. The van der Waals surface area contributed by atoms with Crippen LogP contribution in [0.4, 0.5) is 0 Å². The molecule has 20 heavy (non-hydrogen) atoms. The Kier molecular flexibility index (Phi) is 5.24. The number of benzene rings is 1. The monoisotopic (exact) mass is 278 g/mol. The molecule has 1 saturated heterocycles. The van der Waals surface area contributed by atoms with Crippen molar-refractivity contribution in [1.82, 2.24) is 10.2 Å². The molecule has 0 aliphatic carbocycles. The molecule has 1 aliphatic rings. The second-order valence-electron chi connectivity index (χ2n) is 4.88. The number of nitrogens with zero attached hydrogens (tertiary/aromatic N) is 1. The topological polar surface area (TPSA) is 50.8 Å². The molecule has 0 aromatic heterocycles. The van der Waals surface area contributed by atoms with E-state index >= 15 is 0 Å². The van der Waals surface area contributed by atoms with Crippen LogP contribution in [0.2, 0.25) is 0 Å². The van der Waals surface area contributed by atoms with E-state index in [1.54, 1.807) is 7.11 Å². The molecular weight excluding hydrogens is 256 g/mol. The highest BCUT2D eigenvalue weighted by molar-refractivity contribution is 5.81. The summed E-state index contributed by atoms with van der Waals surface area (Å²) in [6.45, 7) is 4.72. The molecule has 0 radical (unpaired) electrons. The van der Waals surface area contributed by atoms with E-state index < -0.39 is 0 Å². The molecule has 1 aromatic carbocycles. The summed E-state index contributed by atoms with van der Waals surface area (Å²) in [7, 11) is 1.63. The molecule has 1 unspecified atom stereocenters. The molecule has 110 valence electrons. The quantitative estimate of drug-likeness (QED) is 0.881. The van der Waals surface area contributed by atoms with Gasteiger partial charge in [-0.3, -0.25) is 4.79 Å². The molecule has 1 heterocycles. The van der Waals surface area contributed by atoms with E-state index in [0.29, 0.717) is 13.2 Å². The summed E-state index contributed by atoms with van der Waals surface area (Å²) in [6.07, 6.45) is 0.985. The number of hydrogen-bond donors (Lipinski definition) is 1. The SMILES string of the molecule is COc1ccc(OCCN2CCCNC(C)C2=O)cc1. The second kappa shape index (κ2) is 7.14. The lowest BCUT2D eigenvalue weighted by molar-refractivity contribution is -0.132. The largest absolute Gasteiger partial charge is 0.497 e. The molecule has 2 rings (SSSR count). The third kappa shape index (κ3) is 3.87. The molecule has 0 spiro atoms. The molecule has 0 saturated carbocycles. The average molecular weight is 278 g/mol. The summed E-state index contributed by atoms with van der Waals surface area (Å²) in [6, 6.07) is 7.36. The summed E-state index contributed by atoms with van der Waals surface area (Å²) in [5.74, 6) is 1.75. The summed E-state index contributed by atoms with van der Waals surface area (Å²) in [5.41, 5.74) is 0. The number of nitrogens with one attached hydrogen (secondary N) is 1. The van der Waals surface area contributed by atoms with Gasteiger partial charge in [0.15, 0.2) is 0 Å². The minimum absolute atomic E-state index is 0.0986. The maximum Gasteiger partial charge on any atom is 0.239 e. The van der Waals surface area contributed by atoms with Gasteiger partial charge < -0.3 is 19.7 Å². The predicted molar refractivity (Wildman–Crippen MR) is 77.2 cm³/mol. The fourth-order valence-corrected chi connectivity index (χ4v) is 2.23. The number of methoxy groups -OCH3 is 1. The first-order valence-corrected chi connectivity index (χ1v) is 6.99. The van der Waals surface area contributed by atoms with Crippen LogP contribution in [0, 0.1) is 0 Å². The van der Waals surface area contributed by atoms with Crippen LogP contribution in [0.15, 0.2) is 24.3 Å². The molecule has 5 heteroatoms. The van der Waals surface area contributed by atoms with E-state index in [4.69, 9.17) is 9.47 Å². The molecule has 1 aliphatic heterocycles. The Balaban J connectivity index is 1.80. The molecule has 5 nitrogen and oxygen atoms in total. The molecule has 0 bridgehead atoms. The maximum absolute atomic E-state index is 12.1. The summed E-state index contributed by atoms with van der Waals surface area (Å²) in [5, 5.41) is 3.20. The Morgan fingerprint density at radius 2 is 2.00 bits per heavy atom. The van der Waals surface area contributed by atoms with Gasteiger partial charge in [0.2, 0.25) is 5.91 Å². The summed E-state index contributed by atoms with van der Waals surface area (Å²) >= 11 is 0. The van der Waals surface area contributed by atoms with E-state index in [9.17, 15) is 4.79 Å². The van der Waals surface area contributed by atoms with Crippen LogP contribution in [0.1, 0.15) is 13.3 Å². The smallest absolute Gasteiger partial charge is 0.239 e. The number of ether oxygens (including phenoxy) is 2. The van der Waals surface area contributed by atoms with E-state index in [2.05, 4.69) is 5.32 Å². The van der Waals surface area contributed by atoms with Crippen molar-refractivity contribution >= 4 is 5.91 Å². The van der Waals surface area contributed by atoms with E-state index in [1.807, 2.05) is 36.1 Å². The van der Waals surface area contributed by atoms with E-state index in [-0.39, 0.29) is 11.9 Å². The fraction of sp³-hybridized carbons (Fsp3) is 0.533. The zero-order valence-electron chi connectivity index (χ0n) is 12.1. The Labute approximate surface area is 119 Å². The van der Waals surface area contributed by atoms with Crippen LogP contribution in [0.5, 0.6) is 11.5 Å². The van der Waals surface area contributed by atoms with E-state index in [0.717, 1.165) is 31.0 Å². The van der Waals surface area contributed by atoms with Crippen molar-refractivity contribution in [2.75, 3.05) is 33.4 Å². The normalized spacial score (nSPS) is 19.6. The third-order valence-corrected chi connectivity index (χ3v) is 3.43. The zero-order valence-corrected chi connectivity index (χ0v) is 12.1. The lowest BCUT2D eigenvalue weighted by atomic mass is 10.3. The first kappa shape index (κ1) is 14.7. The Morgan fingerprint density at radius 1 is 1.30 bits per heavy atom. The van der Waals surface area contributed by atoms with Gasteiger partial charge in [-0.15, -0.1) is 0 Å². The third-order valence-electron chi connectivity index (χ3n) is 3.43. The highest BCUT2D eigenvalue weighted by Crippen LogP contribution is 2.17. The van der Waals surface area contributed by atoms with Crippen molar-refractivity contribution in [2.45, 2.75) is 19.4 Å². The van der Waals surface area contributed by atoms with Gasteiger partial charge in [-0.1, -0.05) is 0 Å². The number of hydrogen-bond acceptors (Lipinski definition) is 4. The van der Waals surface area contributed by atoms with Crippen molar-refractivity contribution in [3.8, 4) is 11.5 Å². The maximum atomic E-state index is 12.1. The first-order chi connectivity index (χ1) is 9.70. The molecule has 1 atom stereocenters. The van der Waals surface area contributed by atoms with Crippen molar-refractivity contribution in [3.63, 3.8) is 0 Å². The fourth-order valence-electron chi connectivity index (χ4n) is 2.23. The van der Waals surface area contributed by atoms with Crippen LogP contribution >= 0.6 is 0 Å². The number of carbonyl (C=O) groups excluding carboxylic acids is 1. The van der Waals surface area contributed by atoms with Gasteiger partial charge in [-0.25, -0.2) is 0 Å². The second-order valence-corrected chi connectivity index (χ2v) is 4.88. The first-order valence-electron chi connectivity index (χ1n) is 6.99. The van der Waals surface area contributed by atoms with Crippen molar-refractivity contribution in [2.24, 2.45) is 0 Å². The standard InChI is InChI=1S/C15H22N2O3/c1-12-15(18)17(9-3-8-16-12)10-11-20-14-6-4-13(19-2)5-7-14/h4-7,12,16H,3,8-11H2,1-2H3. The lowest BCUT2D eigenvalue weighted by Crippen LogP contribution is -2.43. The van der Waals surface area contributed by atoms with Gasteiger partial charge in [0.25, 0.3) is 0 Å². The van der Waals surface area contributed by atoms with Crippen molar-refractivity contribution < 1.29 is 14.3 Å². The van der Waals surface area contributed by atoms with Crippen LogP contribution in [0.3, 0.4) is 0 Å². The number of carbonyl (C=O) groups is 1. The predicted octanol–water partition coefficient (Wildman–Crippen LogP) is 1.28. The van der Waals surface area contributed by atoms with Gasteiger partial charge in [0, 0.05) is 6.54 Å². The summed E-state index contributed by atoms with van der Waals surface area (Å²) < 4.78 is 10.8. The zero-order chi connectivity index (χ0) is 14.4. The highest BCUT2D eigenvalue weighted by Gasteiger charge is 2.22. The number of rotatable bonds is 5. The summed E-state index contributed by atoms with van der Waals surface area (Å²) in [4.78, 5) is 13.9. The Hall–Kier alpha value is -1.75. The number of amides is 1. The van der Waals surface area contributed by atoms with Crippen LogP contribution in [-0.4, -0.2) is 50.2 Å². The Bertz CT molecular complexity index is 433. The van der Waals surface area contributed by atoms with Crippen molar-refractivity contribution in [3.05, 3.63) is 24.3 Å². The van der Waals surface area contributed by atoms with Crippen LogP contribution < -0.4 is 14.8 Å². The molecule has 1 fully saturated rings. The van der Waals surface area contributed by atoms with Crippen LogP contribution in [-0.2, 0) is 4.79 Å². The molecule has 1 amide bonds. The minimum atomic E-state index is -0.0986. The average Bonchev–Trinajstić information content (AvgIpc) is 2.63. The Morgan fingerprint density at radius 3 is 2.70 bits per heavy atom.